The van der Waals surface area contributed by atoms with Crippen LogP contribution < -0.4 is 0 Å². The molecule has 0 spiro atoms. The first-order valence-corrected chi connectivity index (χ1v) is 7.69. The van der Waals surface area contributed by atoms with Gasteiger partial charge in [0.2, 0.25) is 0 Å². The second kappa shape index (κ2) is 8.07. The molecule has 0 N–H and O–H groups in total. The molecule has 0 radical (unpaired) electrons. The van der Waals surface area contributed by atoms with Crippen LogP contribution in [0, 0.1) is 0 Å². The minimum Gasteiger partial charge on any atom is -0.465 e. The van der Waals surface area contributed by atoms with Crippen LogP contribution in [0.25, 0.3) is 0 Å². The lowest BCUT2D eigenvalue weighted by atomic mass is 10.1. The summed E-state index contributed by atoms with van der Waals surface area (Å²) in [5.41, 5.74) is 0.860. The normalized spacial score (nSPS) is 13.8. The van der Waals surface area contributed by atoms with Gasteiger partial charge in [0.15, 0.2) is 0 Å². The topological polar surface area (TPSA) is 52.6 Å². The predicted octanol–water partition coefficient (Wildman–Crippen LogP) is 1.93. The van der Waals surface area contributed by atoms with Crippen LogP contribution >= 0.6 is 0 Å². The molecule has 0 heterocycles. The molecular weight excluding hydrogens is 264 g/mol. The Hall–Kier alpha value is -1.20. The van der Waals surface area contributed by atoms with Gasteiger partial charge in [0.05, 0.1) is 19.1 Å². The smallest absolute Gasteiger partial charge is 0.310 e. The number of hydrogen-bond donors (Lipinski definition) is 0. The number of esters is 1. The van der Waals surface area contributed by atoms with Gasteiger partial charge in [-0.15, -0.1) is 0 Å². The zero-order chi connectivity index (χ0) is 14.3. The first-order chi connectivity index (χ1) is 9.02. The Morgan fingerprint density at radius 3 is 2.47 bits per heavy atom. The van der Waals surface area contributed by atoms with Crippen molar-refractivity contribution >= 4 is 16.8 Å². The van der Waals surface area contributed by atoms with Crippen molar-refractivity contribution in [3.8, 4) is 0 Å². The molecule has 106 valence electrons. The van der Waals surface area contributed by atoms with E-state index in [0.29, 0.717) is 13.0 Å². The van der Waals surface area contributed by atoms with Crippen LogP contribution in [0.5, 0.6) is 0 Å². The SMILES string of the molecule is COC(C)CCOC(=O)Cc1ccc(S(C)=O)cc1. The summed E-state index contributed by atoms with van der Waals surface area (Å²) in [5, 5.41) is 0. The molecule has 4 nitrogen and oxygen atoms in total. The number of methoxy groups -OCH3 is 1. The van der Waals surface area contributed by atoms with E-state index in [1.165, 1.54) is 0 Å². The first kappa shape index (κ1) is 15.9. The second-order valence-corrected chi connectivity index (χ2v) is 5.71. The Morgan fingerprint density at radius 2 is 1.95 bits per heavy atom. The van der Waals surface area contributed by atoms with Crippen molar-refractivity contribution in [3.05, 3.63) is 29.8 Å². The lowest BCUT2D eigenvalue weighted by Crippen LogP contribution is -2.14. The van der Waals surface area contributed by atoms with E-state index in [2.05, 4.69) is 0 Å². The second-order valence-electron chi connectivity index (χ2n) is 4.33. The van der Waals surface area contributed by atoms with Gasteiger partial charge in [-0.25, -0.2) is 0 Å². The van der Waals surface area contributed by atoms with Gasteiger partial charge in [-0.1, -0.05) is 12.1 Å². The lowest BCUT2D eigenvalue weighted by molar-refractivity contribution is -0.143. The summed E-state index contributed by atoms with van der Waals surface area (Å²) in [6, 6.07) is 7.14. The summed E-state index contributed by atoms with van der Waals surface area (Å²) in [5.74, 6) is -0.256. The number of ether oxygens (including phenoxy) is 2. The molecule has 1 aromatic rings. The molecule has 1 rings (SSSR count). The average Bonchev–Trinajstić information content (AvgIpc) is 2.39. The Balaban J connectivity index is 2.38. The highest BCUT2D eigenvalue weighted by Gasteiger charge is 2.07. The molecule has 5 heteroatoms. The zero-order valence-electron chi connectivity index (χ0n) is 11.5. The van der Waals surface area contributed by atoms with Crippen LogP contribution in [-0.4, -0.2) is 36.3 Å². The Labute approximate surface area is 116 Å². The van der Waals surface area contributed by atoms with Crippen LogP contribution in [0.3, 0.4) is 0 Å². The molecule has 0 aromatic heterocycles. The summed E-state index contributed by atoms with van der Waals surface area (Å²) in [6.45, 7) is 2.29. The Kier molecular flexibility index (Phi) is 6.73. The van der Waals surface area contributed by atoms with Crippen LogP contribution in [-0.2, 0) is 31.5 Å². The molecule has 0 saturated carbocycles. The third kappa shape index (κ3) is 5.98. The molecule has 0 saturated heterocycles. The minimum absolute atomic E-state index is 0.0895. The predicted molar refractivity (Wildman–Crippen MR) is 74.5 cm³/mol. The van der Waals surface area contributed by atoms with Crippen molar-refractivity contribution in [2.45, 2.75) is 30.8 Å². The summed E-state index contributed by atoms with van der Waals surface area (Å²) in [4.78, 5) is 12.3. The van der Waals surface area contributed by atoms with Gasteiger partial charge in [-0.05, 0) is 24.6 Å². The molecular formula is C14H20O4S. The third-order valence-corrected chi connectivity index (χ3v) is 3.73. The van der Waals surface area contributed by atoms with Crippen LogP contribution in [0.2, 0.25) is 0 Å². The van der Waals surface area contributed by atoms with Crippen molar-refractivity contribution in [2.75, 3.05) is 20.0 Å². The average molecular weight is 284 g/mol. The summed E-state index contributed by atoms with van der Waals surface area (Å²) >= 11 is 0. The van der Waals surface area contributed by atoms with E-state index < -0.39 is 10.8 Å². The quantitative estimate of drug-likeness (QED) is 0.718. The molecule has 0 aliphatic rings. The maximum atomic E-state index is 11.6. The highest BCUT2D eigenvalue weighted by Crippen LogP contribution is 2.09. The minimum atomic E-state index is -0.991. The van der Waals surface area contributed by atoms with Gasteiger partial charge in [0, 0.05) is 35.5 Å². The number of carbonyl (C=O) groups is 1. The zero-order valence-corrected chi connectivity index (χ0v) is 12.4. The summed E-state index contributed by atoms with van der Waals surface area (Å²) in [6.07, 6.45) is 2.64. The lowest BCUT2D eigenvalue weighted by Gasteiger charge is -2.09. The van der Waals surface area contributed by atoms with Crippen LogP contribution in [0.4, 0.5) is 0 Å². The molecule has 0 aliphatic heterocycles. The van der Waals surface area contributed by atoms with E-state index in [4.69, 9.17) is 9.47 Å². The number of benzene rings is 1. The highest BCUT2D eigenvalue weighted by atomic mass is 32.2. The Bertz CT molecular complexity index is 428. The van der Waals surface area contributed by atoms with E-state index in [9.17, 15) is 9.00 Å². The Morgan fingerprint density at radius 1 is 1.32 bits per heavy atom. The molecule has 2 atom stereocenters. The van der Waals surface area contributed by atoms with Crippen LogP contribution in [0.15, 0.2) is 29.2 Å². The van der Waals surface area contributed by atoms with E-state index in [1.807, 2.05) is 6.92 Å². The van der Waals surface area contributed by atoms with Crippen molar-refractivity contribution < 1.29 is 18.5 Å². The highest BCUT2D eigenvalue weighted by molar-refractivity contribution is 7.84. The molecule has 19 heavy (non-hydrogen) atoms. The van der Waals surface area contributed by atoms with Crippen molar-refractivity contribution in [1.82, 2.24) is 0 Å². The van der Waals surface area contributed by atoms with Crippen molar-refractivity contribution in [1.29, 1.82) is 0 Å². The fourth-order valence-electron chi connectivity index (χ4n) is 1.47. The first-order valence-electron chi connectivity index (χ1n) is 6.13. The van der Waals surface area contributed by atoms with Crippen molar-refractivity contribution in [2.24, 2.45) is 0 Å². The molecule has 0 fully saturated rings. The standard InChI is InChI=1S/C14H20O4S/c1-11(17-2)8-9-18-14(15)10-12-4-6-13(7-5-12)19(3)16/h4-7,11H,8-10H2,1-3H3. The van der Waals surface area contributed by atoms with Gasteiger partial charge < -0.3 is 9.47 Å². The van der Waals surface area contributed by atoms with E-state index in [1.54, 1.807) is 37.6 Å². The summed E-state index contributed by atoms with van der Waals surface area (Å²) in [7, 11) is 0.639. The fraction of sp³-hybridized carbons (Fsp3) is 0.500. The van der Waals surface area contributed by atoms with Gasteiger partial charge in [0.1, 0.15) is 0 Å². The summed E-state index contributed by atoms with van der Waals surface area (Å²) < 4.78 is 21.4. The number of carbonyl (C=O) groups excluding carboxylic acids is 1. The maximum absolute atomic E-state index is 11.6. The largest absolute Gasteiger partial charge is 0.465 e. The van der Waals surface area contributed by atoms with Gasteiger partial charge in [-0.2, -0.15) is 0 Å². The van der Waals surface area contributed by atoms with Gasteiger partial charge in [-0.3, -0.25) is 9.00 Å². The monoisotopic (exact) mass is 284 g/mol. The van der Waals surface area contributed by atoms with Gasteiger partial charge >= 0.3 is 5.97 Å². The van der Waals surface area contributed by atoms with Gasteiger partial charge in [0.25, 0.3) is 0 Å². The third-order valence-electron chi connectivity index (χ3n) is 2.79. The van der Waals surface area contributed by atoms with E-state index in [-0.39, 0.29) is 18.5 Å². The molecule has 0 bridgehead atoms. The van der Waals surface area contributed by atoms with Crippen molar-refractivity contribution in [3.63, 3.8) is 0 Å². The van der Waals surface area contributed by atoms with Crippen LogP contribution in [0.1, 0.15) is 18.9 Å². The van der Waals surface area contributed by atoms with E-state index in [0.717, 1.165) is 10.5 Å². The maximum Gasteiger partial charge on any atom is 0.310 e. The molecule has 0 aliphatic carbocycles. The molecule has 0 amide bonds. The molecule has 1 aromatic carbocycles. The number of rotatable bonds is 7. The number of hydrogen-bond acceptors (Lipinski definition) is 4. The fourth-order valence-corrected chi connectivity index (χ4v) is 1.99. The van der Waals surface area contributed by atoms with E-state index >= 15 is 0 Å². The molecule has 2 unspecified atom stereocenters.